The van der Waals surface area contributed by atoms with Crippen molar-refractivity contribution in [1.29, 1.82) is 0 Å². The Morgan fingerprint density at radius 2 is 1.72 bits per heavy atom. The summed E-state index contributed by atoms with van der Waals surface area (Å²) in [5, 5.41) is 12.0. The van der Waals surface area contributed by atoms with Gasteiger partial charge in [-0.1, -0.05) is 12.1 Å². The van der Waals surface area contributed by atoms with Crippen molar-refractivity contribution in [3.63, 3.8) is 0 Å². The van der Waals surface area contributed by atoms with Gasteiger partial charge in [-0.05, 0) is 82.8 Å². The lowest BCUT2D eigenvalue weighted by atomic mass is 10.00. The molecular weight excluding hydrogens is 500 g/mol. The molecule has 0 radical (unpaired) electrons. The number of aromatic nitrogens is 1. The topological polar surface area (TPSA) is 116 Å². The van der Waals surface area contributed by atoms with Crippen LogP contribution in [0.2, 0.25) is 0 Å². The number of hydrogen-bond donors (Lipinski definition) is 2. The maximum absolute atomic E-state index is 12.9. The van der Waals surface area contributed by atoms with Gasteiger partial charge in [0, 0.05) is 6.20 Å². The minimum Gasteiger partial charge on any atom is -0.497 e. The van der Waals surface area contributed by atoms with Gasteiger partial charge in [-0.3, -0.25) is 9.78 Å². The SMILES string of the molecule is COc1ccc2c(c1)C(CC(=O)NCc1ccccn1)=C(C)/C2=C/c1cc(OC)c(OCC(=O)O)c(OC)c1. The van der Waals surface area contributed by atoms with E-state index in [4.69, 9.17) is 24.1 Å². The fourth-order valence-corrected chi connectivity index (χ4v) is 4.46. The van der Waals surface area contributed by atoms with Crippen LogP contribution in [0, 0.1) is 0 Å². The van der Waals surface area contributed by atoms with Gasteiger partial charge in [0.1, 0.15) is 5.75 Å². The van der Waals surface area contributed by atoms with Crippen LogP contribution in [0.5, 0.6) is 23.0 Å². The first-order valence-corrected chi connectivity index (χ1v) is 12.2. The molecular formula is C30H30N2O7. The predicted octanol–water partition coefficient (Wildman–Crippen LogP) is 4.61. The van der Waals surface area contributed by atoms with Crippen molar-refractivity contribution in [2.45, 2.75) is 19.9 Å². The number of hydrogen-bond acceptors (Lipinski definition) is 7. The number of aliphatic carboxylic acids is 1. The number of benzene rings is 2. The van der Waals surface area contributed by atoms with Gasteiger partial charge in [0.15, 0.2) is 18.1 Å². The number of allylic oxidation sites excluding steroid dienone is 2. The van der Waals surface area contributed by atoms with Gasteiger partial charge >= 0.3 is 5.97 Å². The lowest BCUT2D eigenvalue weighted by Gasteiger charge is -2.15. The minimum absolute atomic E-state index is 0.117. The number of carbonyl (C=O) groups is 2. The van der Waals surface area contributed by atoms with E-state index in [1.165, 1.54) is 14.2 Å². The number of amides is 1. The number of carboxylic acid groups (broad SMARTS) is 1. The van der Waals surface area contributed by atoms with E-state index in [-0.39, 0.29) is 18.1 Å². The number of carbonyl (C=O) groups excluding carboxylic acids is 1. The highest BCUT2D eigenvalue weighted by molar-refractivity contribution is 6.08. The highest BCUT2D eigenvalue weighted by atomic mass is 16.5. The van der Waals surface area contributed by atoms with E-state index in [0.717, 1.165) is 39.1 Å². The van der Waals surface area contributed by atoms with Crippen LogP contribution in [0.4, 0.5) is 0 Å². The molecule has 9 nitrogen and oxygen atoms in total. The Morgan fingerprint density at radius 1 is 0.974 bits per heavy atom. The number of methoxy groups -OCH3 is 3. The van der Waals surface area contributed by atoms with Gasteiger partial charge in [0.2, 0.25) is 11.7 Å². The van der Waals surface area contributed by atoms with Crippen molar-refractivity contribution in [3.05, 3.63) is 82.7 Å². The summed E-state index contributed by atoms with van der Waals surface area (Å²) in [5.74, 6) is 0.349. The monoisotopic (exact) mass is 530 g/mol. The molecule has 0 bridgehead atoms. The summed E-state index contributed by atoms with van der Waals surface area (Å²) < 4.78 is 21.8. The molecule has 2 aromatic carbocycles. The summed E-state index contributed by atoms with van der Waals surface area (Å²) in [7, 11) is 4.56. The summed E-state index contributed by atoms with van der Waals surface area (Å²) in [4.78, 5) is 28.2. The molecule has 1 amide bonds. The number of ether oxygens (including phenoxy) is 4. The molecule has 0 aliphatic heterocycles. The van der Waals surface area contributed by atoms with Gasteiger partial charge in [-0.25, -0.2) is 4.79 Å². The number of rotatable bonds is 11. The van der Waals surface area contributed by atoms with Gasteiger partial charge in [0.05, 0.1) is 40.0 Å². The molecule has 2 N–H and O–H groups in total. The van der Waals surface area contributed by atoms with Gasteiger partial charge in [0.25, 0.3) is 0 Å². The van der Waals surface area contributed by atoms with Crippen molar-refractivity contribution in [1.82, 2.24) is 10.3 Å². The van der Waals surface area contributed by atoms with E-state index in [1.807, 2.05) is 49.4 Å². The van der Waals surface area contributed by atoms with E-state index >= 15 is 0 Å². The highest BCUT2D eigenvalue weighted by Gasteiger charge is 2.26. The third-order valence-electron chi connectivity index (χ3n) is 6.36. The van der Waals surface area contributed by atoms with Gasteiger partial charge in [-0.15, -0.1) is 0 Å². The number of pyridine rings is 1. The molecule has 1 aliphatic rings. The molecule has 9 heteroatoms. The predicted molar refractivity (Wildman–Crippen MR) is 147 cm³/mol. The number of carboxylic acids is 1. The summed E-state index contributed by atoms with van der Waals surface area (Å²) in [6.07, 6.45) is 3.86. The number of fused-ring (bicyclic) bond motifs is 1. The first-order chi connectivity index (χ1) is 18.8. The summed E-state index contributed by atoms with van der Waals surface area (Å²) in [5.41, 5.74) is 6.21. The zero-order valence-electron chi connectivity index (χ0n) is 22.2. The Bertz CT molecular complexity index is 1420. The molecule has 3 aromatic rings. The van der Waals surface area contributed by atoms with Gasteiger partial charge in [-0.2, -0.15) is 0 Å². The maximum atomic E-state index is 12.9. The summed E-state index contributed by atoms with van der Waals surface area (Å²) in [6, 6.07) is 14.9. The lowest BCUT2D eigenvalue weighted by Crippen LogP contribution is -2.23. The summed E-state index contributed by atoms with van der Waals surface area (Å²) in [6.45, 7) is 1.80. The van der Waals surface area contributed by atoms with E-state index < -0.39 is 12.6 Å². The van der Waals surface area contributed by atoms with Crippen LogP contribution >= 0.6 is 0 Å². The Hall–Kier alpha value is -4.79. The van der Waals surface area contributed by atoms with Gasteiger partial charge < -0.3 is 29.4 Å². The van der Waals surface area contributed by atoms with Crippen molar-refractivity contribution in [2.75, 3.05) is 27.9 Å². The Labute approximate surface area is 226 Å². The average Bonchev–Trinajstić information content (AvgIpc) is 3.20. The Kier molecular flexibility index (Phi) is 8.50. The van der Waals surface area contributed by atoms with Crippen LogP contribution in [-0.4, -0.2) is 49.9 Å². The minimum atomic E-state index is -1.11. The molecule has 0 saturated carbocycles. The highest BCUT2D eigenvalue weighted by Crippen LogP contribution is 2.46. The quantitative estimate of drug-likeness (QED) is 0.369. The molecule has 0 saturated heterocycles. The second-order valence-electron chi connectivity index (χ2n) is 8.78. The first kappa shape index (κ1) is 27.3. The molecule has 0 atom stereocenters. The Balaban J connectivity index is 1.70. The van der Waals surface area contributed by atoms with E-state index in [9.17, 15) is 9.59 Å². The Morgan fingerprint density at radius 3 is 2.33 bits per heavy atom. The van der Waals surface area contributed by atoms with Crippen LogP contribution in [-0.2, 0) is 16.1 Å². The van der Waals surface area contributed by atoms with E-state index in [0.29, 0.717) is 23.8 Å². The molecule has 1 aliphatic carbocycles. The van der Waals surface area contributed by atoms with E-state index in [1.54, 1.807) is 25.4 Å². The first-order valence-electron chi connectivity index (χ1n) is 12.2. The molecule has 39 heavy (non-hydrogen) atoms. The van der Waals surface area contributed by atoms with Crippen LogP contribution in [0.25, 0.3) is 17.2 Å². The number of nitrogens with one attached hydrogen (secondary N) is 1. The molecule has 0 fully saturated rings. The summed E-state index contributed by atoms with van der Waals surface area (Å²) >= 11 is 0. The molecule has 1 heterocycles. The third kappa shape index (κ3) is 6.20. The second kappa shape index (κ2) is 12.2. The molecule has 1 aromatic heterocycles. The smallest absolute Gasteiger partial charge is 0.341 e. The van der Waals surface area contributed by atoms with Crippen molar-refractivity contribution in [2.24, 2.45) is 0 Å². The van der Waals surface area contributed by atoms with Crippen LogP contribution < -0.4 is 24.3 Å². The zero-order chi connectivity index (χ0) is 27.9. The fraction of sp³-hybridized carbons (Fsp3) is 0.233. The normalized spacial score (nSPS) is 13.2. The standard InChI is InChI=1S/C30H30N2O7/c1-18-23(11-19-12-26(37-3)30(27(13-19)38-4)39-17-29(34)35)22-9-8-21(36-2)14-25(22)24(18)15-28(33)32-16-20-7-5-6-10-31-20/h5-14H,15-17H2,1-4H3,(H,32,33)(H,34,35)/b23-11-. The maximum Gasteiger partial charge on any atom is 0.341 e. The fourth-order valence-electron chi connectivity index (χ4n) is 4.46. The van der Waals surface area contributed by atoms with Crippen molar-refractivity contribution >= 4 is 29.1 Å². The molecule has 202 valence electrons. The number of nitrogens with zero attached hydrogens (tertiary/aromatic N) is 1. The van der Waals surface area contributed by atoms with Crippen molar-refractivity contribution < 1.29 is 33.6 Å². The average molecular weight is 531 g/mol. The lowest BCUT2D eigenvalue weighted by molar-refractivity contribution is -0.139. The molecule has 0 unspecified atom stereocenters. The second-order valence-corrected chi connectivity index (χ2v) is 8.78. The van der Waals surface area contributed by atoms with Crippen LogP contribution in [0.3, 0.4) is 0 Å². The zero-order valence-corrected chi connectivity index (χ0v) is 22.2. The largest absolute Gasteiger partial charge is 0.497 e. The molecule has 0 spiro atoms. The van der Waals surface area contributed by atoms with Crippen LogP contribution in [0.15, 0.2) is 60.3 Å². The third-order valence-corrected chi connectivity index (χ3v) is 6.36. The van der Waals surface area contributed by atoms with Crippen LogP contribution in [0.1, 0.15) is 35.7 Å². The van der Waals surface area contributed by atoms with Crippen molar-refractivity contribution in [3.8, 4) is 23.0 Å². The molecule has 4 rings (SSSR count). The van der Waals surface area contributed by atoms with E-state index in [2.05, 4.69) is 10.3 Å².